The van der Waals surface area contributed by atoms with Gasteiger partial charge in [-0.1, -0.05) is 46.2 Å². The van der Waals surface area contributed by atoms with Crippen molar-refractivity contribution in [1.29, 1.82) is 0 Å². The molecular weight excluding hydrogens is 323 g/mol. The lowest BCUT2D eigenvalue weighted by atomic mass is 9.43. The van der Waals surface area contributed by atoms with Gasteiger partial charge in [0.15, 0.2) is 0 Å². The monoisotopic (exact) mass is 356 g/mol. The first-order valence-electron chi connectivity index (χ1n) is 10.4. The topological polar surface area (TPSA) is 38.7 Å². The highest BCUT2D eigenvalue weighted by Crippen LogP contribution is 2.65. The summed E-state index contributed by atoms with van der Waals surface area (Å²) in [6.07, 6.45) is 5.45. The smallest absolute Gasteiger partial charge is 0.457 e. The zero-order valence-electron chi connectivity index (χ0n) is 16.9. The molecule has 0 aromatic heterocycles. The standard InChI is InChI=1S/C22H33BO3/c1-14(2)15-8-9-18(24)16(11-15)7-6-10-23-25-20-13-17-12-19(21(17,3)4)22(20,5)26-23/h8-9,11,14,17,19-20,24H,6-7,10,12-13H2,1-5H3/t17-,19-,20+,22-/m0/s1. The molecule has 1 saturated heterocycles. The molecule has 1 aliphatic heterocycles. The van der Waals surface area contributed by atoms with Gasteiger partial charge < -0.3 is 14.4 Å². The van der Waals surface area contributed by atoms with E-state index in [0.717, 1.165) is 37.1 Å². The van der Waals surface area contributed by atoms with Gasteiger partial charge >= 0.3 is 7.12 Å². The second-order valence-electron chi connectivity index (χ2n) is 9.83. The molecule has 5 rings (SSSR count). The number of aromatic hydroxyl groups is 1. The van der Waals surface area contributed by atoms with E-state index in [4.69, 9.17) is 9.31 Å². The molecule has 3 nitrogen and oxygen atoms in total. The van der Waals surface area contributed by atoms with Crippen LogP contribution < -0.4 is 0 Å². The van der Waals surface area contributed by atoms with Gasteiger partial charge in [0.05, 0.1) is 11.7 Å². The van der Waals surface area contributed by atoms with E-state index in [-0.39, 0.29) is 18.8 Å². The summed E-state index contributed by atoms with van der Waals surface area (Å²) in [7, 11) is -0.0874. The van der Waals surface area contributed by atoms with E-state index in [1.54, 1.807) is 0 Å². The van der Waals surface area contributed by atoms with Crippen LogP contribution in [0.25, 0.3) is 0 Å². The normalized spacial score (nSPS) is 34.7. The molecule has 2 bridgehead atoms. The molecule has 4 heteroatoms. The van der Waals surface area contributed by atoms with Crippen LogP contribution >= 0.6 is 0 Å². The van der Waals surface area contributed by atoms with Crippen molar-refractivity contribution in [3.8, 4) is 5.75 Å². The van der Waals surface area contributed by atoms with Gasteiger partial charge in [-0.05, 0) is 72.9 Å². The Morgan fingerprint density at radius 3 is 2.69 bits per heavy atom. The third-order valence-electron chi connectivity index (χ3n) is 7.66. The van der Waals surface area contributed by atoms with Crippen LogP contribution in [0.3, 0.4) is 0 Å². The maximum Gasteiger partial charge on any atom is 0.457 e. The number of hydrogen-bond donors (Lipinski definition) is 1. The molecule has 1 aromatic carbocycles. The number of phenols is 1. The predicted octanol–water partition coefficient (Wildman–Crippen LogP) is 5.18. The molecule has 4 aliphatic rings. The predicted molar refractivity (Wildman–Crippen MR) is 105 cm³/mol. The lowest BCUT2D eigenvalue weighted by Crippen LogP contribution is -2.65. The minimum Gasteiger partial charge on any atom is -0.508 e. The number of rotatable bonds is 5. The summed E-state index contributed by atoms with van der Waals surface area (Å²) in [6.45, 7) is 11.4. The fourth-order valence-electron chi connectivity index (χ4n) is 5.70. The lowest BCUT2D eigenvalue weighted by molar-refractivity contribution is -0.199. The minimum atomic E-state index is -0.109. The van der Waals surface area contributed by atoms with E-state index in [1.165, 1.54) is 12.0 Å². The van der Waals surface area contributed by atoms with E-state index in [0.29, 0.717) is 23.0 Å². The fourth-order valence-corrected chi connectivity index (χ4v) is 5.70. The first-order chi connectivity index (χ1) is 12.2. The fraction of sp³-hybridized carbons (Fsp3) is 0.727. The van der Waals surface area contributed by atoms with Gasteiger partial charge in [0, 0.05) is 0 Å². The molecule has 0 spiro atoms. The van der Waals surface area contributed by atoms with Crippen molar-refractivity contribution in [3.05, 3.63) is 29.3 Å². The zero-order chi connectivity index (χ0) is 18.7. The molecule has 1 aromatic rings. The van der Waals surface area contributed by atoms with E-state index < -0.39 is 0 Å². The molecule has 142 valence electrons. The van der Waals surface area contributed by atoms with E-state index >= 15 is 0 Å². The van der Waals surface area contributed by atoms with Crippen LogP contribution in [-0.2, 0) is 15.7 Å². The average Bonchev–Trinajstić information content (AvgIpc) is 2.91. The van der Waals surface area contributed by atoms with Gasteiger partial charge in [0.2, 0.25) is 0 Å². The Kier molecular flexibility index (Phi) is 4.43. The Hall–Kier alpha value is -0.995. The van der Waals surface area contributed by atoms with Crippen molar-refractivity contribution >= 4 is 7.12 Å². The number of hydrogen-bond acceptors (Lipinski definition) is 3. The minimum absolute atomic E-state index is 0.0874. The second-order valence-corrected chi connectivity index (χ2v) is 9.83. The molecular formula is C22H33BO3. The van der Waals surface area contributed by atoms with Crippen molar-refractivity contribution in [1.82, 2.24) is 0 Å². The van der Waals surface area contributed by atoms with Crippen LogP contribution in [0.2, 0.25) is 6.32 Å². The SMILES string of the molecule is CC(C)c1ccc(O)c(CCCB2O[C@@H]3C[C@@H]4C[C@@H](C4(C)C)[C@]3(C)O2)c1. The van der Waals surface area contributed by atoms with Crippen LogP contribution in [-0.4, -0.2) is 23.9 Å². The van der Waals surface area contributed by atoms with E-state index in [2.05, 4.69) is 40.7 Å². The van der Waals surface area contributed by atoms with Crippen molar-refractivity contribution in [3.63, 3.8) is 0 Å². The van der Waals surface area contributed by atoms with Crippen LogP contribution in [0.1, 0.15) is 70.9 Å². The van der Waals surface area contributed by atoms with Gasteiger partial charge in [-0.2, -0.15) is 0 Å². The Labute approximate surface area is 158 Å². The average molecular weight is 356 g/mol. The van der Waals surface area contributed by atoms with Gasteiger partial charge in [-0.15, -0.1) is 0 Å². The quantitative estimate of drug-likeness (QED) is 0.739. The highest BCUT2D eigenvalue weighted by molar-refractivity contribution is 6.45. The number of benzene rings is 1. The van der Waals surface area contributed by atoms with Crippen molar-refractivity contribution in [2.75, 3.05) is 0 Å². The molecule has 3 saturated carbocycles. The summed E-state index contributed by atoms with van der Waals surface area (Å²) < 4.78 is 12.8. The maximum atomic E-state index is 10.2. The Bertz CT molecular complexity index is 686. The van der Waals surface area contributed by atoms with Gasteiger partial charge in [-0.25, -0.2) is 0 Å². The van der Waals surface area contributed by atoms with Crippen molar-refractivity contribution < 1.29 is 14.4 Å². The molecule has 26 heavy (non-hydrogen) atoms. The largest absolute Gasteiger partial charge is 0.508 e. The van der Waals surface area contributed by atoms with Crippen LogP contribution in [0.5, 0.6) is 5.75 Å². The first-order valence-corrected chi connectivity index (χ1v) is 10.4. The van der Waals surface area contributed by atoms with Crippen molar-refractivity contribution in [2.45, 2.75) is 84.2 Å². The highest BCUT2D eigenvalue weighted by Gasteiger charge is 2.67. The number of aryl methyl sites for hydroxylation is 1. The molecule has 0 unspecified atom stereocenters. The summed E-state index contributed by atoms with van der Waals surface area (Å²) in [5.74, 6) is 2.30. The summed E-state index contributed by atoms with van der Waals surface area (Å²) in [4.78, 5) is 0. The van der Waals surface area contributed by atoms with Crippen molar-refractivity contribution in [2.24, 2.45) is 17.3 Å². The molecule has 4 atom stereocenters. The summed E-state index contributed by atoms with van der Waals surface area (Å²) in [5.41, 5.74) is 2.61. The van der Waals surface area contributed by atoms with Gasteiger partial charge in [0.25, 0.3) is 0 Å². The van der Waals surface area contributed by atoms with Gasteiger partial charge in [-0.3, -0.25) is 0 Å². The molecule has 3 aliphatic carbocycles. The van der Waals surface area contributed by atoms with Gasteiger partial charge in [0.1, 0.15) is 5.75 Å². The summed E-state index contributed by atoms with van der Waals surface area (Å²) >= 11 is 0. The molecule has 1 heterocycles. The lowest BCUT2D eigenvalue weighted by Gasteiger charge is -2.64. The molecule has 1 N–H and O–H groups in total. The Balaban J connectivity index is 1.35. The second kappa shape index (κ2) is 6.27. The van der Waals surface area contributed by atoms with E-state index in [1.807, 2.05) is 12.1 Å². The zero-order valence-corrected chi connectivity index (χ0v) is 16.9. The third-order valence-corrected chi connectivity index (χ3v) is 7.66. The summed E-state index contributed by atoms with van der Waals surface area (Å²) in [5, 5.41) is 10.2. The Morgan fingerprint density at radius 1 is 1.23 bits per heavy atom. The third kappa shape index (κ3) is 2.81. The summed E-state index contributed by atoms with van der Waals surface area (Å²) in [6, 6.07) is 6.00. The molecule has 0 radical (unpaired) electrons. The first kappa shape index (κ1) is 18.4. The van der Waals surface area contributed by atoms with Crippen LogP contribution in [0.15, 0.2) is 18.2 Å². The Morgan fingerprint density at radius 2 is 2.00 bits per heavy atom. The maximum absolute atomic E-state index is 10.2. The molecule has 4 fully saturated rings. The van der Waals surface area contributed by atoms with Crippen LogP contribution in [0, 0.1) is 17.3 Å². The van der Waals surface area contributed by atoms with Crippen LogP contribution in [0.4, 0.5) is 0 Å². The highest BCUT2D eigenvalue weighted by atomic mass is 16.7. The van der Waals surface area contributed by atoms with E-state index in [9.17, 15) is 5.11 Å². The number of phenolic OH excluding ortho intramolecular Hbond substituents is 1. The molecule has 0 amide bonds.